The second-order valence-corrected chi connectivity index (χ2v) is 7.04. The minimum atomic E-state index is -0.803. The summed E-state index contributed by atoms with van der Waals surface area (Å²) in [7, 11) is 0. The average Bonchev–Trinajstić information content (AvgIpc) is 2.74. The van der Waals surface area contributed by atoms with Gasteiger partial charge in [0.2, 0.25) is 0 Å². The third kappa shape index (κ3) is 5.34. The van der Waals surface area contributed by atoms with E-state index in [0.717, 1.165) is 0 Å². The summed E-state index contributed by atoms with van der Waals surface area (Å²) < 4.78 is 5.60. The number of nitrogens with zero attached hydrogens (tertiary/aromatic N) is 1. The SMILES string of the molecule is CC(Oc1ccccc1)C(=O)Nc1ccc(C(=O)N2CCC(C(=O)O)CC2)cc1. The van der Waals surface area contributed by atoms with Crippen LogP contribution in [0, 0.1) is 5.92 Å². The summed E-state index contributed by atoms with van der Waals surface area (Å²) >= 11 is 0. The lowest BCUT2D eigenvalue weighted by molar-refractivity contribution is -0.143. The number of ether oxygens (including phenoxy) is 1. The number of aliphatic carboxylic acids is 1. The standard InChI is InChI=1S/C22H24N2O5/c1-15(29-19-5-3-2-4-6-19)20(25)23-18-9-7-16(8-10-18)21(26)24-13-11-17(12-14-24)22(27)28/h2-10,15,17H,11-14H2,1H3,(H,23,25)(H,27,28). The van der Waals surface area contributed by atoms with E-state index in [4.69, 9.17) is 9.84 Å². The van der Waals surface area contributed by atoms with Crippen LogP contribution in [0.1, 0.15) is 30.1 Å². The molecule has 2 aromatic carbocycles. The number of para-hydroxylation sites is 1. The number of likely N-dealkylation sites (tertiary alicyclic amines) is 1. The maximum absolute atomic E-state index is 12.6. The first-order valence-corrected chi connectivity index (χ1v) is 9.59. The van der Waals surface area contributed by atoms with Gasteiger partial charge in [0.25, 0.3) is 11.8 Å². The fourth-order valence-electron chi connectivity index (χ4n) is 3.21. The largest absolute Gasteiger partial charge is 0.481 e. The van der Waals surface area contributed by atoms with E-state index in [-0.39, 0.29) is 17.7 Å². The zero-order valence-electron chi connectivity index (χ0n) is 16.2. The van der Waals surface area contributed by atoms with E-state index < -0.39 is 12.1 Å². The van der Waals surface area contributed by atoms with Gasteiger partial charge in [-0.05, 0) is 56.2 Å². The van der Waals surface area contributed by atoms with Crippen LogP contribution in [-0.2, 0) is 9.59 Å². The van der Waals surface area contributed by atoms with E-state index in [1.807, 2.05) is 18.2 Å². The van der Waals surface area contributed by atoms with Gasteiger partial charge < -0.3 is 20.1 Å². The number of amides is 2. The fraction of sp³-hybridized carbons (Fsp3) is 0.318. The molecule has 1 aliphatic rings. The molecule has 0 saturated carbocycles. The molecule has 0 bridgehead atoms. The van der Waals surface area contributed by atoms with Crippen LogP contribution in [0.4, 0.5) is 5.69 Å². The van der Waals surface area contributed by atoms with Crippen molar-refractivity contribution in [1.82, 2.24) is 4.90 Å². The molecule has 1 atom stereocenters. The molecule has 0 aliphatic carbocycles. The number of carbonyl (C=O) groups excluding carboxylic acids is 2. The van der Waals surface area contributed by atoms with Crippen LogP contribution < -0.4 is 10.1 Å². The third-order valence-corrected chi connectivity index (χ3v) is 4.96. The number of nitrogens with one attached hydrogen (secondary N) is 1. The maximum Gasteiger partial charge on any atom is 0.306 e. The van der Waals surface area contributed by atoms with E-state index in [2.05, 4.69) is 5.32 Å². The Morgan fingerprint density at radius 2 is 1.66 bits per heavy atom. The Hall–Kier alpha value is -3.35. The summed E-state index contributed by atoms with van der Waals surface area (Å²) in [5, 5.41) is 11.8. The predicted molar refractivity (Wildman–Crippen MR) is 108 cm³/mol. The molecule has 0 aromatic heterocycles. The van der Waals surface area contributed by atoms with E-state index >= 15 is 0 Å². The highest BCUT2D eigenvalue weighted by Gasteiger charge is 2.27. The molecule has 29 heavy (non-hydrogen) atoms. The highest BCUT2D eigenvalue weighted by Crippen LogP contribution is 2.20. The summed E-state index contributed by atoms with van der Waals surface area (Å²) in [5.74, 6) is -0.988. The molecular formula is C22H24N2O5. The lowest BCUT2D eigenvalue weighted by Crippen LogP contribution is -2.40. The number of piperidine rings is 1. The van der Waals surface area contributed by atoms with E-state index in [1.165, 1.54) is 0 Å². The van der Waals surface area contributed by atoms with Crippen LogP contribution in [0.25, 0.3) is 0 Å². The molecule has 1 heterocycles. The van der Waals surface area contributed by atoms with Gasteiger partial charge in [0.15, 0.2) is 6.10 Å². The van der Waals surface area contributed by atoms with E-state index in [9.17, 15) is 14.4 Å². The van der Waals surface area contributed by atoms with Gasteiger partial charge in [-0.3, -0.25) is 14.4 Å². The molecule has 7 heteroatoms. The summed E-state index contributed by atoms with van der Waals surface area (Å²) in [4.78, 5) is 37.6. The highest BCUT2D eigenvalue weighted by molar-refractivity contribution is 5.97. The molecule has 1 fully saturated rings. The Labute approximate surface area is 169 Å². The number of carboxylic acid groups (broad SMARTS) is 1. The first-order valence-electron chi connectivity index (χ1n) is 9.59. The third-order valence-electron chi connectivity index (χ3n) is 4.96. The van der Waals surface area contributed by atoms with Crippen LogP contribution in [0.15, 0.2) is 54.6 Å². The number of rotatable bonds is 6. The zero-order chi connectivity index (χ0) is 20.8. The second kappa shape index (κ2) is 9.23. The van der Waals surface area contributed by atoms with Gasteiger partial charge in [0.05, 0.1) is 5.92 Å². The van der Waals surface area contributed by atoms with Crippen molar-refractivity contribution in [2.45, 2.75) is 25.9 Å². The van der Waals surface area contributed by atoms with Crippen molar-refractivity contribution in [3.8, 4) is 5.75 Å². The minimum Gasteiger partial charge on any atom is -0.481 e. The van der Waals surface area contributed by atoms with Crippen molar-refractivity contribution >= 4 is 23.5 Å². The fourth-order valence-corrected chi connectivity index (χ4v) is 3.21. The van der Waals surface area contributed by atoms with Crippen LogP contribution in [0.2, 0.25) is 0 Å². The van der Waals surface area contributed by atoms with Crippen LogP contribution in [0.5, 0.6) is 5.75 Å². The Morgan fingerprint density at radius 3 is 2.24 bits per heavy atom. The number of benzene rings is 2. The number of hydrogen-bond donors (Lipinski definition) is 2. The molecule has 3 rings (SSSR count). The molecule has 0 spiro atoms. The van der Waals surface area contributed by atoms with Gasteiger partial charge in [-0.1, -0.05) is 18.2 Å². The van der Waals surface area contributed by atoms with Crippen molar-refractivity contribution in [1.29, 1.82) is 0 Å². The zero-order valence-corrected chi connectivity index (χ0v) is 16.2. The molecule has 2 amide bonds. The molecule has 152 valence electrons. The van der Waals surface area contributed by atoms with Gasteiger partial charge >= 0.3 is 5.97 Å². The number of anilines is 1. The van der Waals surface area contributed by atoms with Crippen molar-refractivity contribution < 1.29 is 24.2 Å². The Bertz CT molecular complexity index is 859. The molecule has 1 aliphatic heterocycles. The molecular weight excluding hydrogens is 372 g/mol. The summed E-state index contributed by atoms with van der Waals surface area (Å²) in [6.07, 6.45) is 0.262. The quantitative estimate of drug-likeness (QED) is 0.782. The van der Waals surface area contributed by atoms with Gasteiger partial charge in [-0.2, -0.15) is 0 Å². The molecule has 7 nitrogen and oxygen atoms in total. The lowest BCUT2D eigenvalue weighted by Gasteiger charge is -2.30. The summed E-state index contributed by atoms with van der Waals surface area (Å²) in [5.41, 5.74) is 1.07. The van der Waals surface area contributed by atoms with Crippen LogP contribution in [0.3, 0.4) is 0 Å². The molecule has 1 saturated heterocycles. The number of carbonyl (C=O) groups is 3. The molecule has 2 aromatic rings. The van der Waals surface area contributed by atoms with E-state index in [1.54, 1.807) is 48.2 Å². The van der Waals surface area contributed by atoms with Gasteiger partial charge in [-0.25, -0.2) is 0 Å². The van der Waals surface area contributed by atoms with Crippen molar-refractivity contribution in [3.63, 3.8) is 0 Å². The predicted octanol–water partition coefficient (Wildman–Crippen LogP) is 3.03. The average molecular weight is 396 g/mol. The molecule has 0 radical (unpaired) electrons. The first kappa shape index (κ1) is 20.4. The highest BCUT2D eigenvalue weighted by atomic mass is 16.5. The number of hydrogen-bond acceptors (Lipinski definition) is 4. The second-order valence-electron chi connectivity index (χ2n) is 7.04. The topological polar surface area (TPSA) is 95.9 Å². The summed E-state index contributed by atoms with van der Waals surface area (Å²) in [6, 6.07) is 15.8. The maximum atomic E-state index is 12.6. The minimum absolute atomic E-state index is 0.132. The Morgan fingerprint density at radius 1 is 1.03 bits per heavy atom. The van der Waals surface area contributed by atoms with Crippen LogP contribution >= 0.6 is 0 Å². The Kier molecular flexibility index (Phi) is 6.49. The lowest BCUT2D eigenvalue weighted by atomic mass is 9.96. The summed E-state index contributed by atoms with van der Waals surface area (Å²) in [6.45, 7) is 2.53. The van der Waals surface area contributed by atoms with Crippen molar-refractivity contribution in [2.24, 2.45) is 5.92 Å². The molecule has 2 N–H and O–H groups in total. The Balaban J connectivity index is 1.54. The smallest absolute Gasteiger partial charge is 0.306 e. The normalized spacial score (nSPS) is 15.4. The van der Waals surface area contributed by atoms with Gasteiger partial charge in [0.1, 0.15) is 5.75 Å². The van der Waals surface area contributed by atoms with Gasteiger partial charge in [0, 0.05) is 24.3 Å². The number of carboxylic acids is 1. The van der Waals surface area contributed by atoms with Crippen LogP contribution in [-0.4, -0.2) is 47.0 Å². The monoisotopic (exact) mass is 396 g/mol. The van der Waals surface area contributed by atoms with E-state index in [0.29, 0.717) is 42.9 Å². The molecule has 1 unspecified atom stereocenters. The first-order chi connectivity index (χ1) is 13.9. The van der Waals surface area contributed by atoms with Gasteiger partial charge in [-0.15, -0.1) is 0 Å². The van der Waals surface area contributed by atoms with Crippen molar-refractivity contribution in [2.75, 3.05) is 18.4 Å². The van der Waals surface area contributed by atoms with Crippen molar-refractivity contribution in [3.05, 3.63) is 60.2 Å².